The van der Waals surface area contributed by atoms with E-state index >= 15 is 0 Å². The lowest BCUT2D eigenvalue weighted by atomic mass is 10.1. The highest BCUT2D eigenvalue weighted by Gasteiger charge is 2.12. The summed E-state index contributed by atoms with van der Waals surface area (Å²) in [7, 11) is 0. The minimum absolute atomic E-state index is 0.120. The van der Waals surface area contributed by atoms with Crippen molar-refractivity contribution in [3.63, 3.8) is 0 Å². The van der Waals surface area contributed by atoms with Gasteiger partial charge in [0.15, 0.2) is 0 Å². The molecule has 0 heterocycles. The molecule has 124 valence electrons. The number of rotatable bonds is 9. The summed E-state index contributed by atoms with van der Waals surface area (Å²) in [6, 6.07) is 5.13. The largest absolute Gasteiger partial charge is 0.494 e. The summed E-state index contributed by atoms with van der Waals surface area (Å²) < 4.78 is 5.58. The molecule has 6 nitrogen and oxygen atoms in total. The Balaban J connectivity index is 2.48. The Morgan fingerprint density at radius 1 is 1.18 bits per heavy atom. The quantitative estimate of drug-likeness (QED) is 0.607. The molecule has 22 heavy (non-hydrogen) atoms. The van der Waals surface area contributed by atoms with Gasteiger partial charge in [-0.3, -0.25) is 0 Å². The molecule has 0 spiro atoms. The van der Waals surface area contributed by atoms with Crippen LogP contribution in [-0.4, -0.2) is 46.0 Å². The van der Waals surface area contributed by atoms with E-state index in [1.54, 1.807) is 18.2 Å². The Morgan fingerprint density at radius 2 is 1.77 bits per heavy atom. The summed E-state index contributed by atoms with van der Waals surface area (Å²) in [5.74, 6) is 0.853. The molecule has 0 aliphatic heterocycles. The maximum atomic E-state index is 11.1. The van der Waals surface area contributed by atoms with Crippen LogP contribution in [0, 0.1) is 5.92 Å². The highest BCUT2D eigenvalue weighted by atomic mass is 16.5. The van der Waals surface area contributed by atoms with Crippen LogP contribution in [0.25, 0.3) is 0 Å². The first-order valence-corrected chi connectivity index (χ1v) is 7.41. The van der Waals surface area contributed by atoms with E-state index in [0.29, 0.717) is 43.0 Å². The van der Waals surface area contributed by atoms with Gasteiger partial charge in [0.05, 0.1) is 19.8 Å². The molecular formula is C16H25NO5. The molecule has 1 rings (SSSR count). The number of nitrogens with zero attached hydrogens (tertiary/aromatic N) is 1. The molecule has 1 amide bonds. The fraction of sp³-hybridized carbons (Fsp3) is 0.562. The van der Waals surface area contributed by atoms with Crippen LogP contribution in [0.5, 0.6) is 5.75 Å². The zero-order valence-corrected chi connectivity index (χ0v) is 13.2. The van der Waals surface area contributed by atoms with Crippen molar-refractivity contribution in [1.82, 2.24) is 4.90 Å². The molecule has 0 bridgehead atoms. The summed E-state index contributed by atoms with van der Waals surface area (Å²) in [5, 5.41) is 27.4. The third-order valence-electron chi connectivity index (χ3n) is 3.09. The highest BCUT2D eigenvalue weighted by molar-refractivity contribution is 5.64. The van der Waals surface area contributed by atoms with Gasteiger partial charge in [0, 0.05) is 13.1 Å². The molecule has 0 aliphatic rings. The monoisotopic (exact) mass is 311 g/mol. The molecule has 0 aromatic heterocycles. The minimum Gasteiger partial charge on any atom is -0.494 e. The molecule has 0 saturated carbocycles. The topological polar surface area (TPSA) is 90.2 Å². The number of ether oxygens (including phenoxy) is 1. The predicted molar refractivity (Wildman–Crippen MR) is 82.8 cm³/mol. The van der Waals surface area contributed by atoms with E-state index < -0.39 is 6.09 Å². The van der Waals surface area contributed by atoms with Crippen molar-refractivity contribution in [2.24, 2.45) is 5.92 Å². The van der Waals surface area contributed by atoms with Gasteiger partial charge in [0.2, 0.25) is 0 Å². The van der Waals surface area contributed by atoms with Gasteiger partial charge in [-0.1, -0.05) is 19.9 Å². The van der Waals surface area contributed by atoms with E-state index in [-0.39, 0.29) is 19.1 Å². The van der Waals surface area contributed by atoms with Gasteiger partial charge >= 0.3 is 6.09 Å². The standard InChI is InChI=1S/C16H25NO5/c1-12(2)9-17(16(20)21)4-3-5-22-15-7-13(10-18)6-14(8-15)11-19/h6-8,12,18-19H,3-5,9-11H2,1-2H3,(H,20,21). The van der Waals surface area contributed by atoms with Crippen LogP contribution in [0.4, 0.5) is 4.79 Å². The Hall–Kier alpha value is -1.79. The molecule has 3 N–H and O–H groups in total. The lowest BCUT2D eigenvalue weighted by Gasteiger charge is -2.21. The van der Waals surface area contributed by atoms with Crippen LogP contribution in [0.1, 0.15) is 31.4 Å². The number of amides is 1. The van der Waals surface area contributed by atoms with Crippen molar-refractivity contribution in [3.8, 4) is 5.75 Å². The van der Waals surface area contributed by atoms with E-state index in [4.69, 9.17) is 20.1 Å². The number of aliphatic hydroxyl groups is 2. The SMILES string of the molecule is CC(C)CN(CCCOc1cc(CO)cc(CO)c1)C(=O)O. The van der Waals surface area contributed by atoms with Crippen molar-refractivity contribution in [2.75, 3.05) is 19.7 Å². The summed E-state index contributed by atoms with van der Waals surface area (Å²) in [6.07, 6.45) is -0.338. The van der Waals surface area contributed by atoms with E-state index in [2.05, 4.69) is 0 Å². The molecule has 0 saturated heterocycles. The van der Waals surface area contributed by atoms with Crippen molar-refractivity contribution in [3.05, 3.63) is 29.3 Å². The van der Waals surface area contributed by atoms with Crippen LogP contribution in [-0.2, 0) is 13.2 Å². The fourth-order valence-corrected chi connectivity index (χ4v) is 2.15. The molecule has 0 fully saturated rings. The first kappa shape index (κ1) is 18.3. The molecule has 0 atom stereocenters. The van der Waals surface area contributed by atoms with Gasteiger partial charge in [0.1, 0.15) is 5.75 Å². The third-order valence-corrected chi connectivity index (χ3v) is 3.09. The second-order valence-corrected chi connectivity index (χ2v) is 5.63. The smallest absolute Gasteiger partial charge is 0.407 e. The number of hydrogen-bond donors (Lipinski definition) is 3. The van der Waals surface area contributed by atoms with Crippen LogP contribution < -0.4 is 4.74 Å². The molecule has 1 aromatic rings. The van der Waals surface area contributed by atoms with Gasteiger partial charge in [-0.2, -0.15) is 0 Å². The maximum Gasteiger partial charge on any atom is 0.407 e. The van der Waals surface area contributed by atoms with Crippen LogP contribution in [0.2, 0.25) is 0 Å². The number of carboxylic acid groups (broad SMARTS) is 1. The molecule has 0 unspecified atom stereocenters. The van der Waals surface area contributed by atoms with Crippen LogP contribution >= 0.6 is 0 Å². The summed E-state index contributed by atoms with van der Waals surface area (Å²) >= 11 is 0. The van der Waals surface area contributed by atoms with E-state index in [9.17, 15) is 4.79 Å². The van der Waals surface area contributed by atoms with Gasteiger partial charge in [-0.05, 0) is 35.6 Å². The van der Waals surface area contributed by atoms with Crippen LogP contribution in [0.3, 0.4) is 0 Å². The number of hydrogen-bond acceptors (Lipinski definition) is 4. The number of aliphatic hydroxyl groups excluding tert-OH is 2. The van der Waals surface area contributed by atoms with Gasteiger partial charge in [-0.15, -0.1) is 0 Å². The molecule has 0 aliphatic carbocycles. The summed E-state index contributed by atoms with van der Waals surface area (Å²) in [4.78, 5) is 12.5. The number of benzene rings is 1. The van der Waals surface area contributed by atoms with Crippen molar-refractivity contribution in [2.45, 2.75) is 33.5 Å². The van der Waals surface area contributed by atoms with Crippen molar-refractivity contribution in [1.29, 1.82) is 0 Å². The molecule has 0 radical (unpaired) electrons. The van der Waals surface area contributed by atoms with Crippen molar-refractivity contribution >= 4 is 6.09 Å². The highest BCUT2D eigenvalue weighted by Crippen LogP contribution is 2.18. The number of carbonyl (C=O) groups is 1. The third kappa shape index (κ3) is 6.32. The lowest BCUT2D eigenvalue weighted by molar-refractivity contribution is 0.135. The average Bonchev–Trinajstić information content (AvgIpc) is 2.49. The van der Waals surface area contributed by atoms with E-state index in [1.807, 2.05) is 13.8 Å². The molecule has 1 aromatic carbocycles. The Morgan fingerprint density at radius 3 is 2.23 bits per heavy atom. The van der Waals surface area contributed by atoms with Gasteiger partial charge in [-0.25, -0.2) is 4.79 Å². The predicted octanol–water partition coefficient (Wildman–Crippen LogP) is 2.08. The summed E-state index contributed by atoms with van der Waals surface area (Å²) in [6.45, 7) is 5.01. The Kier molecular flexibility index (Phi) is 7.70. The zero-order chi connectivity index (χ0) is 16.5. The van der Waals surface area contributed by atoms with Gasteiger partial charge < -0.3 is 25.0 Å². The Labute approximate surface area is 130 Å². The second kappa shape index (κ2) is 9.27. The molecule has 6 heteroatoms. The van der Waals surface area contributed by atoms with Crippen molar-refractivity contribution < 1.29 is 24.9 Å². The maximum absolute atomic E-state index is 11.1. The zero-order valence-electron chi connectivity index (χ0n) is 13.2. The van der Waals surface area contributed by atoms with E-state index in [1.165, 1.54) is 4.90 Å². The summed E-state index contributed by atoms with van der Waals surface area (Å²) in [5.41, 5.74) is 1.35. The fourth-order valence-electron chi connectivity index (χ4n) is 2.15. The average molecular weight is 311 g/mol. The van der Waals surface area contributed by atoms with E-state index in [0.717, 1.165) is 0 Å². The first-order valence-electron chi connectivity index (χ1n) is 7.41. The molecular weight excluding hydrogens is 286 g/mol. The Bertz CT molecular complexity index is 453. The second-order valence-electron chi connectivity index (χ2n) is 5.63. The normalized spacial score (nSPS) is 10.8. The van der Waals surface area contributed by atoms with Gasteiger partial charge in [0.25, 0.3) is 0 Å². The first-order chi connectivity index (χ1) is 10.5. The lowest BCUT2D eigenvalue weighted by Crippen LogP contribution is -2.34. The van der Waals surface area contributed by atoms with Crippen LogP contribution in [0.15, 0.2) is 18.2 Å². The minimum atomic E-state index is -0.918.